The lowest BCUT2D eigenvalue weighted by atomic mass is 10.2. The molecule has 3 rings (SSSR count). The molecule has 1 aromatic heterocycles. The van der Waals surface area contributed by atoms with Gasteiger partial charge in [-0.1, -0.05) is 35.5 Å². The minimum absolute atomic E-state index is 0.0290. The molecule has 1 N–H and O–H groups in total. The van der Waals surface area contributed by atoms with Crippen molar-refractivity contribution in [1.82, 2.24) is 20.3 Å². The molecule has 2 aromatic rings. The van der Waals surface area contributed by atoms with Crippen molar-refractivity contribution in [3.8, 4) is 0 Å². The smallest absolute Gasteiger partial charge is 0.276 e. The van der Waals surface area contributed by atoms with Gasteiger partial charge in [-0.05, 0) is 12.6 Å². The highest BCUT2D eigenvalue weighted by molar-refractivity contribution is 5.92. The second kappa shape index (κ2) is 7.94. The lowest BCUT2D eigenvalue weighted by Crippen LogP contribution is -2.34. The van der Waals surface area contributed by atoms with Gasteiger partial charge in [0, 0.05) is 38.7 Å². The Kier molecular flexibility index (Phi) is 5.45. The third-order valence-corrected chi connectivity index (χ3v) is 4.10. The van der Waals surface area contributed by atoms with E-state index in [0.717, 1.165) is 6.54 Å². The zero-order valence-electron chi connectivity index (χ0n) is 14.3. The first-order valence-electron chi connectivity index (χ1n) is 8.36. The predicted molar refractivity (Wildman–Crippen MR) is 91.6 cm³/mol. The van der Waals surface area contributed by atoms with Crippen LogP contribution in [0.3, 0.4) is 0 Å². The standard InChI is InChI=1S/C18H22N4O3/c1-21(12-14-5-3-2-4-6-14)13-15-11-16(20-25-15)18(24)22-9-7-17(23)19-8-10-22/h2-6,11H,7-10,12-13H2,1H3,(H,19,23). The molecule has 1 aliphatic heterocycles. The topological polar surface area (TPSA) is 78.7 Å². The average molecular weight is 342 g/mol. The maximum atomic E-state index is 12.5. The Labute approximate surface area is 146 Å². The first-order valence-corrected chi connectivity index (χ1v) is 8.36. The summed E-state index contributed by atoms with van der Waals surface area (Å²) in [5, 5.41) is 6.65. The molecule has 7 heteroatoms. The largest absolute Gasteiger partial charge is 0.359 e. The normalized spacial score (nSPS) is 15.1. The molecule has 0 saturated carbocycles. The summed E-state index contributed by atoms with van der Waals surface area (Å²) in [5.41, 5.74) is 1.50. The van der Waals surface area contributed by atoms with E-state index in [9.17, 15) is 9.59 Å². The number of aromatic nitrogens is 1. The summed E-state index contributed by atoms with van der Waals surface area (Å²) in [6.07, 6.45) is 0.316. The molecule has 0 unspecified atom stereocenters. The number of benzene rings is 1. The van der Waals surface area contributed by atoms with Crippen molar-refractivity contribution in [2.24, 2.45) is 0 Å². The van der Waals surface area contributed by atoms with Crippen molar-refractivity contribution >= 4 is 11.8 Å². The first kappa shape index (κ1) is 17.2. The van der Waals surface area contributed by atoms with Crippen LogP contribution in [0, 0.1) is 0 Å². The maximum Gasteiger partial charge on any atom is 0.276 e. The Morgan fingerprint density at radius 2 is 2.08 bits per heavy atom. The summed E-state index contributed by atoms with van der Waals surface area (Å²) in [5.74, 6) is 0.418. The van der Waals surface area contributed by atoms with Crippen molar-refractivity contribution in [2.45, 2.75) is 19.5 Å². The molecular weight excluding hydrogens is 320 g/mol. The summed E-state index contributed by atoms with van der Waals surface area (Å²) in [7, 11) is 1.99. The SMILES string of the molecule is CN(Cc1ccccc1)Cc1cc(C(=O)N2CCNC(=O)CC2)no1. The lowest BCUT2D eigenvalue weighted by Gasteiger charge is -2.17. The van der Waals surface area contributed by atoms with Gasteiger partial charge in [-0.2, -0.15) is 0 Å². The highest BCUT2D eigenvalue weighted by atomic mass is 16.5. The zero-order valence-corrected chi connectivity index (χ0v) is 14.3. The molecule has 1 aliphatic rings. The van der Waals surface area contributed by atoms with E-state index in [2.05, 4.69) is 27.5 Å². The molecule has 1 saturated heterocycles. The zero-order chi connectivity index (χ0) is 17.6. The highest BCUT2D eigenvalue weighted by Gasteiger charge is 2.22. The van der Waals surface area contributed by atoms with Crippen molar-refractivity contribution < 1.29 is 14.1 Å². The minimum atomic E-state index is -0.197. The summed E-state index contributed by atoms with van der Waals surface area (Å²) >= 11 is 0. The van der Waals surface area contributed by atoms with Crippen LogP contribution in [0.4, 0.5) is 0 Å². The van der Waals surface area contributed by atoms with Gasteiger partial charge in [-0.15, -0.1) is 0 Å². The molecule has 1 aromatic carbocycles. The van der Waals surface area contributed by atoms with Crippen molar-refractivity contribution in [3.05, 3.63) is 53.4 Å². The molecule has 0 radical (unpaired) electrons. The van der Waals surface area contributed by atoms with Crippen LogP contribution < -0.4 is 5.32 Å². The Hall–Kier alpha value is -2.67. The Balaban J connectivity index is 1.58. The molecule has 2 amide bonds. The molecule has 25 heavy (non-hydrogen) atoms. The Morgan fingerprint density at radius 3 is 2.88 bits per heavy atom. The summed E-state index contributed by atoms with van der Waals surface area (Å²) < 4.78 is 5.32. The number of nitrogens with zero attached hydrogens (tertiary/aromatic N) is 3. The second-order valence-corrected chi connectivity index (χ2v) is 6.23. The fourth-order valence-electron chi connectivity index (χ4n) is 2.84. The first-order chi connectivity index (χ1) is 12.1. The predicted octanol–water partition coefficient (Wildman–Crippen LogP) is 1.27. The van der Waals surface area contributed by atoms with E-state index in [1.165, 1.54) is 5.56 Å². The molecule has 0 spiro atoms. The van der Waals surface area contributed by atoms with Crippen LogP contribution in [-0.2, 0) is 17.9 Å². The fourth-order valence-corrected chi connectivity index (χ4v) is 2.84. The van der Waals surface area contributed by atoms with Crippen LogP contribution >= 0.6 is 0 Å². The van der Waals surface area contributed by atoms with Gasteiger partial charge in [-0.25, -0.2) is 0 Å². The van der Waals surface area contributed by atoms with E-state index >= 15 is 0 Å². The molecule has 2 heterocycles. The van der Waals surface area contributed by atoms with Crippen LogP contribution in [0.1, 0.15) is 28.2 Å². The number of rotatable bonds is 5. The number of hydrogen-bond donors (Lipinski definition) is 1. The quantitative estimate of drug-likeness (QED) is 0.885. The molecule has 0 atom stereocenters. The van der Waals surface area contributed by atoms with Gasteiger partial charge >= 0.3 is 0 Å². The van der Waals surface area contributed by atoms with E-state index in [4.69, 9.17) is 4.52 Å². The second-order valence-electron chi connectivity index (χ2n) is 6.23. The van der Waals surface area contributed by atoms with Gasteiger partial charge in [0.05, 0.1) is 6.54 Å². The van der Waals surface area contributed by atoms with Crippen molar-refractivity contribution in [2.75, 3.05) is 26.7 Å². The molecule has 0 aliphatic carbocycles. The van der Waals surface area contributed by atoms with Gasteiger partial charge in [0.25, 0.3) is 5.91 Å². The highest BCUT2D eigenvalue weighted by Crippen LogP contribution is 2.12. The molecule has 1 fully saturated rings. The van der Waals surface area contributed by atoms with Gasteiger partial charge in [0.15, 0.2) is 11.5 Å². The summed E-state index contributed by atoms with van der Waals surface area (Å²) in [6.45, 7) is 2.70. The van der Waals surface area contributed by atoms with Crippen LogP contribution in [0.2, 0.25) is 0 Å². The summed E-state index contributed by atoms with van der Waals surface area (Å²) in [4.78, 5) is 27.6. The van der Waals surface area contributed by atoms with Gasteiger partial charge < -0.3 is 14.7 Å². The van der Waals surface area contributed by atoms with Gasteiger partial charge in [0.1, 0.15) is 0 Å². The van der Waals surface area contributed by atoms with Gasteiger partial charge in [-0.3, -0.25) is 14.5 Å². The number of nitrogens with one attached hydrogen (secondary N) is 1. The summed E-state index contributed by atoms with van der Waals surface area (Å²) in [6, 6.07) is 11.8. The minimum Gasteiger partial charge on any atom is -0.359 e. The Morgan fingerprint density at radius 1 is 1.28 bits per heavy atom. The van der Waals surface area contributed by atoms with Crippen molar-refractivity contribution in [3.63, 3.8) is 0 Å². The number of hydrogen-bond acceptors (Lipinski definition) is 5. The third-order valence-electron chi connectivity index (χ3n) is 4.10. The molecule has 7 nitrogen and oxygen atoms in total. The van der Waals surface area contributed by atoms with Crippen LogP contribution in [0.5, 0.6) is 0 Å². The maximum absolute atomic E-state index is 12.5. The monoisotopic (exact) mass is 342 g/mol. The molecular formula is C18H22N4O3. The lowest BCUT2D eigenvalue weighted by molar-refractivity contribution is -0.120. The number of carbonyl (C=O) groups is 2. The van der Waals surface area contributed by atoms with E-state index in [1.807, 2.05) is 25.2 Å². The van der Waals surface area contributed by atoms with Crippen LogP contribution in [0.25, 0.3) is 0 Å². The third kappa shape index (κ3) is 4.67. The fraction of sp³-hybridized carbons (Fsp3) is 0.389. The number of amides is 2. The van der Waals surface area contributed by atoms with E-state index in [-0.39, 0.29) is 17.5 Å². The van der Waals surface area contributed by atoms with Gasteiger partial charge in [0.2, 0.25) is 5.91 Å². The van der Waals surface area contributed by atoms with E-state index in [1.54, 1.807) is 11.0 Å². The van der Waals surface area contributed by atoms with E-state index < -0.39 is 0 Å². The Bertz CT molecular complexity index is 729. The van der Waals surface area contributed by atoms with E-state index in [0.29, 0.717) is 38.4 Å². The molecule has 0 bridgehead atoms. The van der Waals surface area contributed by atoms with Crippen LogP contribution in [0.15, 0.2) is 40.9 Å². The average Bonchev–Trinajstić information content (AvgIpc) is 2.95. The number of carbonyl (C=O) groups excluding carboxylic acids is 2. The van der Waals surface area contributed by atoms with Crippen LogP contribution in [-0.4, -0.2) is 53.5 Å². The molecule has 132 valence electrons. The van der Waals surface area contributed by atoms with Crippen molar-refractivity contribution in [1.29, 1.82) is 0 Å².